The summed E-state index contributed by atoms with van der Waals surface area (Å²) < 4.78 is 15.8. The van der Waals surface area contributed by atoms with E-state index >= 15 is 0 Å². The molecular weight excluding hydrogens is 373 g/mol. The maximum Gasteiger partial charge on any atom is 0.257 e. The number of nitrogens with one attached hydrogen (secondary N) is 1. The molecule has 8 heteroatoms. The molecule has 7 nitrogen and oxygen atoms in total. The van der Waals surface area contributed by atoms with Gasteiger partial charge in [-0.1, -0.05) is 18.2 Å². The third-order valence-corrected chi connectivity index (χ3v) is 5.88. The first kappa shape index (κ1) is 17.8. The fraction of sp³-hybridized carbons (Fsp3) is 0.333. The molecule has 3 heterocycles. The molecule has 0 spiro atoms. The number of rotatable bonds is 4. The molecule has 1 N–H and O–H groups in total. The lowest BCUT2D eigenvalue weighted by molar-refractivity contribution is -0.133. The van der Waals surface area contributed by atoms with Crippen LogP contribution in [0.25, 0.3) is 5.65 Å². The largest absolute Gasteiger partial charge is 0.347 e. The van der Waals surface area contributed by atoms with Crippen molar-refractivity contribution in [3.8, 4) is 0 Å². The van der Waals surface area contributed by atoms with Crippen LogP contribution in [-0.4, -0.2) is 50.4 Å². The summed E-state index contributed by atoms with van der Waals surface area (Å²) in [5, 5.41) is 7.11. The number of nitrogens with zero attached hydrogens (tertiary/aromatic N) is 4. The van der Waals surface area contributed by atoms with Gasteiger partial charge in [-0.05, 0) is 31.4 Å². The van der Waals surface area contributed by atoms with Gasteiger partial charge in [0, 0.05) is 37.1 Å². The van der Waals surface area contributed by atoms with Crippen molar-refractivity contribution in [2.24, 2.45) is 0 Å². The maximum atomic E-state index is 14.3. The number of carbonyl (C=O) groups excluding carboxylic acids is 2. The van der Waals surface area contributed by atoms with Gasteiger partial charge in [-0.3, -0.25) is 9.59 Å². The number of fused-ring (bicyclic) bond motifs is 1. The maximum absolute atomic E-state index is 14.3. The van der Waals surface area contributed by atoms with E-state index in [-0.39, 0.29) is 23.7 Å². The summed E-state index contributed by atoms with van der Waals surface area (Å²) >= 11 is 0. The molecule has 2 aromatic heterocycles. The van der Waals surface area contributed by atoms with E-state index < -0.39 is 5.41 Å². The van der Waals surface area contributed by atoms with E-state index in [9.17, 15) is 14.0 Å². The molecule has 0 unspecified atom stereocenters. The number of halogens is 1. The van der Waals surface area contributed by atoms with Crippen molar-refractivity contribution in [1.82, 2.24) is 24.8 Å². The van der Waals surface area contributed by atoms with Crippen LogP contribution in [0.4, 0.5) is 4.39 Å². The summed E-state index contributed by atoms with van der Waals surface area (Å²) in [6.07, 6.45) is 6.82. The van der Waals surface area contributed by atoms with Crippen molar-refractivity contribution in [1.29, 1.82) is 0 Å². The van der Waals surface area contributed by atoms with Gasteiger partial charge in [-0.2, -0.15) is 5.10 Å². The highest BCUT2D eigenvalue weighted by Gasteiger charge is 2.55. The first-order valence-corrected chi connectivity index (χ1v) is 9.72. The molecule has 0 radical (unpaired) electrons. The monoisotopic (exact) mass is 393 g/mol. The summed E-state index contributed by atoms with van der Waals surface area (Å²) in [6, 6.07) is 8.10. The van der Waals surface area contributed by atoms with E-state index in [2.05, 4.69) is 15.4 Å². The fourth-order valence-corrected chi connectivity index (χ4v) is 4.19. The minimum absolute atomic E-state index is 0.0444. The van der Waals surface area contributed by atoms with Gasteiger partial charge in [0.1, 0.15) is 11.4 Å². The Balaban J connectivity index is 1.28. The van der Waals surface area contributed by atoms with E-state index in [1.54, 1.807) is 46.1 Å². The van der Waals surface area contributed by atoms with Crippen LogP contribution in [0.5, 0.6) is 0 Å². The van der Waals surface area contributed by atoms with E-state index in [4.69, 9.17) is 0 Å². The molecule has 1 saturated carbocycles. The Morgan fingerprint density at radius 2 is 2.03 bits per heavy atom. The minimum atomic E-state index is -0.739. The van der Waals surface area contributed by atoms with Gasteiger partial charge < -0.3 is 10.2 Å². The molecular formula is C21H20FN5O2. The number of amides is 2. The van der Waals surface area contributed by atoms with Gasteiger partial charge in [0.25, 0.3) is 5.91 Å². The van der Waals surface area contributed by atoms with Crippen molar-refractivity contribution in [2.45, 2.75) is 30.7 Å². The Morgan fingerprint density at radius 3 is 2.83 bits per heavy atom. The van der Waals surface area contributed by atoms with Crippen molar-refractivity contribution in [3.63, 3.8) is 0 Å². The molecule has 5 rings (SSSR count). The highest BCUT2D eigenvalue weighted by atomic mass is 19.1. The summed E-state index contributed by atoms with van der Waals surface area (Å²) in [6.45, 7) is 0.973. The van der Waals surface area contributed by atoms with E-state index in [0.717, 1.165) is 0 Å². The second-order valence-electron chi connectivity index (χ2n) is 7.72. The summed E-state index contributed by atoms with van der Waals surface area (Å²) in [5.41, 5.74) is 0.638. The Hall–Kier alpha value is -3.29. The Bertz CT molecular complexity index is 1110. The third-order valence-electron chi connectivity index (χ3n) is 5.88. The second-order valence-corrected chi connectivity index (χ2v) is 7.72. The molecule has 148 valence electrons. The van der Waals surface area contributed by atoms with Gasteiger partial charge in [-0.25, -0.2) is 13.9 Å². The summed E-state index contributed by atoms with van der Waals surface area (Å²) in [5.74, 6) is -0.631. The number of benzene rings is 1. The highest BCUT2D eigenvalue weighted by molar-refractivity contribution is 6.00. The average Bonchev–Trinajstić information content (AvgIpc) is 3.20. The van der Waals surface area contributed by atoms with Gasteiger partial charge in [-0.15, -0.1) is 0 Å². The summed E-state index contributed by atoms with van der Waals surface area (Å²) in [4.78, 5) is 31.8. The molecule has 29 heavy (non-hydrogen) atoms. The number of carbonyl (C=O) groups is 2. The first-order valence-electron chi connectivity index (χ1n) is 9.72. The van der Waals surface area contributed by atoms with Gasteiger partial charge in [0.15, 0.2) is 5.65 Å². The molecule has 2 fully saturated rings. The van der Waals surface area contributed by atoms with Gasteiger partial charge in [0.2, 0.25) is 5.91 Å². The topological polar surface area (TPSA) is 79.6 Å². The summed E-state index contributed by atoms with van der Waals surface area (Å²) in [7, 11) is 0. The van der Waals surface area contributed by atoms with Crippen molar-refractivity contribution < 1.29 is 14.0 Å². The van der Waals surface area contributed by atoms with Crippen LogP contribution in [-0.2, 0) is 10.2 Å². The van der Waals surface area contributed by atoms with Crippen LogP contribution in [0.15, 0.2) is 48.9 Å². The quantitative estimate of drug-likeness (QED) is 0.735. The average molecular weight is 393 g/mol. The molecule has 1 saturated heterocycles. The van der Waals surface area contributed by atoms with E-state index in [1.807, 2.05) is 0 Å². The number of hydrogen-bond acceptors (Lipinski definition) is 4. The van der Waals surface area contributed by atoms with E-state index in [1.165, 1.54) is 12.3 Å². The highest BCUT2D eigenvalue weighted by Crippen LogP contribution is 2.50. The van der Waals surface area contributed by atoms with Crippen LogP contribution >= 0.6 is 0 Å². The van der Waals surface area contributed by atoms with Gasteiger partial charge >= 0.3 is 0 Å². The van der Waals surface area contributed by atoms with Gasteiger partial charge in [0.05, 0.1) is 11.6 Å². The Labute approximate surface area is 166 Å². The zero-order valence-electron chi connectivity index (χ0n) is 15.7. The number of hydrogen-bond donors (Lipinski definition) is 1. The van der Waals surface area contributed by atoms with Crippen LogP contribution in [0.3, 0.4) is 0 Å². The SMILES string of the molecule is O=C(N[C@@H]1CCN(C(=O)C2(c3ccccc3F)CC2)C1)c1cnn2cccnc12. The van der Waals surface area contributed by atoms with Crippen molar-refractivity contribution >= 4 is 17.5 Å². The molecule has 1 aliphatic heterocycles. The standard InChI is InChI=1S/C21H20FN5O2/c22-17-5-2-1-4-16(17)21(7-8-21)20(29)26-11-6-14(13-26)25-19(28)15-12-24-27-10-3-9-23-18(15)27/h1-5,9-10,12,14H,6-8,11,13H2,(H,25,28)/t14-/m1/s1. The van der Waals surface area contributed by atoms with Crippen LogP contribution in [0, 0.1) is 5.82 Å². The molecule has 1 aromatic carbocycles. The molecule has 3 aromatic rings. The van der Waals surface area contributed by atoms with Crippen molar-refractivity contribution in [2.75, 3.05) is 13.1 Å². The lowest BCUT2D eigenvalue weighted by Gasteiger charge is -2.24. The number of likely N-dealkylation sites (tertiary alicyclic amines) is 1. The second kappa shape index (κ2) is 6.65. The van der Waals surface area contributed by atoms with Crippen molar-refractivity contribution in [3.05, 3.63) is 65.9 Å². The molecule has 1 aliphatic carbocycles. The zero-order valence-corrected chi connectivity index (χ0v) is 15.7. The molecule has 2 aliphatic rings. The minimum Gasteiger partial charge on any atom is -0.347 e. The number of aromatic nitrogens is 3. The molecule has 1 atom stereocenters. The van der Waals surface area contributed by atoms with Crippen LogP contribution < -0.4 is 5.32 Å². The van der Waals surface area contributed by atoms with Crippen LogP contribution in [0.2, 0.25) is 0 Å². The lowest BCUT2D eigenvalue weighted by Crippen LogP contribution is -2.42. The predicted octanol–water partition coefficient (Wildman–Crippen LogP) is 1.93. The first-order chi connectivity index (χ1) is 14.1. The normalized spacial score (nSPS) is 20.0. The Morgan fingerprint density at radius 1 is 1.21 bits per heavy atom. The molecule has 0 bridgehead atoms. The zero-order chi connectivity index (χ0) is 20.0. The third kappa shape index (κ3) is 2.95. The Kier molecular flexibility index (Phi) is 4.08. The molecule has 2 amide bonds. The smallest absolute Gasteiger partial charge is 0.257 e. The van der Waals surface area contributed by atoms with E-state index in [0.29, 0.717) is 49.1 Å². The van der Waals surface area contributed by atoms with Crippen LogP contribution in [0.1, 0.15) is 35.2 Å². The fourth-order valence-electron chi connectivity index (χ4n) is 4.19. The predicted molar refractivity (Wildman–Crippen MR) is 103 cm³/mol. The lowest BCUT2D eigenvalue weighted by atomic mass is 9.94.